The Hall–Kier alpha value is -3.41. The molecule has 0 aliphatic heterocycles. The van der Waals surface area contributed by atoms with Crippen LogP contribution in [0.1, 0.15) is 26.3 Å². The van der Waals surface area contributed by atoms with Gasteiger partial charge in [0, 0.05) is 6.08 Å². The Labute approximate surface area is 152 Å². The van der Waals surface area contributed by atoms with Crippen molar-refractivity contribution in [2.75, 3.05) is 21.3 Å². The standard InChI is InChI=1S/C10H10O4.C10H10O2/c1-13-9(11)7-5-3-4-6-8(7)10(12)14-2;1-12-10(11)8-7-9-5-3-2-4-6-9/h3-6H,1-2H3;2-8H,1H3. The van der Waals surface area contributed by atoms with Gasteiger partial charge in [-0.05, 0) is 23.8 Å². The van der Waals surface area contributed by atoms with Crippen LogP contribution in [-0.2, 0) is 19.0 Å². The molecule has 0 spiro atoms. The minimum absolute atomic E-state index is 0.210. The number of rotatable bonds is 4. The third-order valence-corrected chi connectivity index (χ3v) is 3.15. The number of methoxy groups -OCH3 is 3. The molecule has 6 nitrogen and oxygen atoms in total. The van der Waals surface area contributed by atoms with Gasteiger partial charge in [-0.25, -0.2) is 14.4 Å². The number of carbonyl (C=O) groups is 3. The molecule has 2 aromatic carbocycles. The van der Waals surface area contributed by atoms with Crippen molar-refractivity contribution in [1.29, 1.82) is 0 Å². The zero-order chi connectivity index (χ0) is 19.4. The predicted molar refractivity (Wildman–Crippen MR) is 96.6 cm³/mol. The maximum absolute atomic E-state index is 11.2. The van der Waals surface area contributed by atoms with Gasteiger partial charge in [-0.15, -0.1) is 0 Å². The molecule has 0 radical (unpaired) electrons. The van der Waals surface area contributed by atoms with E-state index in [1.54, 1.807) is 18.2 Å². The monoisotopic (exact) mass is 356 g/mol. The van der Waals surface area contributed by atoms with Crippen LogP contribution in [0, 0.1) is 0 Å². The highest BCUT2D eigenvalue weighted by atomic mass is 16.5. The molecule has 0 aromatic heterocycles. The molecule has 0 bridgehead atoms. The average molecular weight is 356 g/mol. The number of hydrogen-bond donors (Lipinski definition) is 0. The fourth-order valence-electron chi connectivity index (χ4n) is 1.86. The first-order valence-electron chi connectivity index (χ1n) is 7.60. The molecule has 0 saturated carbocycles. The van der Waals surface area contributed by atoms with E-state index in [1.165, 1.54) is 39.5 Å². The summed E-state index contributed by atoms with van der Waals surface area (Å²) in [4.78, 5) is 33.1. The number of esters is 3. The number of benzene rings is 2. The second-order valence-electron chi connectivity index (χ2n) is 4.80. The maximum Gasteiger partial charge on any atom is 0.338 e. The molecule has 136 valence electrons. The van der Waals surface area contributed by atoms with E-state index in [2.05, 4.69) is 14.2 Å². The number of ether oxygens (including phenoxy) is 3. The molecule has 0 aliphatic rings. The molecule has 0 saturated heterocycles. The van der Waals surface area contributed by atoms with Crippen molar-refractivity contribution in [1.82, 2.24) is 0 Å². The summed E-state index contributed by atoms with van der Waals surface area (Å²) < 4.78 is 13.5. The average Bonchev–Trinajstić information content (AvgIpc) is 2.72. The van der Waals surface area contributed by atoms with Gasteiger partial charge in [-0.1, -0.05) is 42.5 Å². The number of hydrogen-bond acceptors (Lipinski definition) is 6. The van der Waals surface area contributed by atoms with Crippen molar-refractivity contribution >= 4 is 24.0 Å². The first-order valence-corrected chi connectivity index (χ1v) is 7.60. The topological polar surface area (TPSA) is 78.9 Å². The van der Waals surface area contributed by atoms with E-state index in [0.29, 0.717) is 0 Å². The highest BCUT2D eigenvalue weighted by molar-refractivity contribution is 6.03. The summed E-state index contributed by atoms with van der Waals surface area (Å²) in [6, 6.07) is 15.9. The lowest BCUT2D eigenvalue weighted by Crippen LogP contribution is -2.11. The van der Waals surface area contributed by atoms with E-state index in [1.807, 2.05) is 30.3 Å². The molecule has 0 fully saturated rings. The molecular weight excluding hydrogens is 336 g/mol. The zero-order valence-corrected chi connectivity index (χ0v) is 14.8. The summed E-state index contributed by atoms with van der Waals surface area (Å²) in [7, 11) is 3.88. The van der Waals surface area contributed by atoms with E-state index >= 15 is 0 Å². The summed E-state index contributed by atoms with van der Waals surface area (Å²) >= 11 is 0. The van der Waals surface area contributed by atoms with Gasteiger partial charge >= 0.3 is 17.9 Å². The Kier molecular flexibility index (Phi) is 8.89. The van der Waals surface area contributed by atoms with E-state index < -0.39 is 11.9 Å². The fourth-order valence-corrected chi connectivity index (χ4v) is 1.86. The second kappa shape index (κ2) is 11.2. The van der Waals surface area contributed by atoms with Crippen LogP contribution in [0.2, 0.25) is 0 Å². The maximum atomic E-state index is 11.2. The minimum Gasteiger partial charge on any atom is -0.466 e. The Morgan fingerprint density at radius 1 is 0.692 bits per heavy atom. The molecule has 6 heteroatoms. The van der Waals surface area contributed by atoms with Crippen LogP contribution in [0.5, 0.6) is 0 Å². The Morgan fingerprint density at radius 3 is 1.58 bits per heavy atom. The Balaban J connectivity index is 0.000000263. The quantitative estimate of drug-likeness (QED) is 0.476. The summed E-state index contributed by atoms with van der Waals surface area (Å²) in [6.45, 7) is 0. The zero-order valence-electron chi connectivity index (χ0n) is 14.8. The summed E-state index contributed by atoms with van der Waals surface area (Å²) in [5.74, 6) is -1.43. The minimum atomic E-state index is -0.550. The van der Waals surface area contributed by atoms with E-state index in [9.17, 15) is 14.4 Å². The van der Waals surface area contributed by atoms with Crippen molar-refractivity contribution in [2.24, 2.45) is 0 Å². The summed E-state index contributed by atoms with van der Waals surface area (Å²) in [5.41, 5.74) is 1.41. The lowest BCUT2D eigenvalue weighted by atomic mass is 10.1. The largest absolute Gasteiger partial charge is 0.466 e. The van der Waals surface area contributed by atoms with Gasteiger partial charge in [0.2, 0.25) is 0 Å². The van der Waals surface area contributed by atoms with Crippen LogP contribution < -0.4 is 0 Å². The van der Waals surface area contributed by atoms with Crippen molar-refractivity contribution in [2.45, 2.75) is 0 Å². The molecular formula is C20H20O6. The molecule has 2 aromatic rings. The smallest absolute Gasteiger partial charge is 0.338 e. The van der Waals surface area contributed by atoms with Crippen LogP contribution in [0.15, 0.2) is 60.7 Å². The first kappa shape index (κ1) is 20.6. The second-order valence-corrected chi connectivity index (χ2v) is 4.80. The van der Waals surface area contributed by atoms with Gasteiger partial charge in [0.25, 0.3) is 0 Å². The van der Waals surface area contributed by atoms with Crippen molar-refractivity contribution < 1.29 is 28.6 Å². The molecule has 0 heterocycles. The van der Waals surface area contributed by atoms with Crippen LogP contribution in [0.3, 0.4) is 0 Å². The molecule has 26 heavy (non-hydrogen) atoms. The SMILES string of the molecule is COC(=O)C=Cc1ccccc1.COC(=O)c1ccccc1C(=O)OC. The fraction of sp³-hybridized carbons (Fsp3) is 0.150. The predicted octanol–water partition coefficient (Wildman–Crippen LogP) is 3.13. The van der Waals surface area contributed by atoms with Gasteiger partial charge in [-0.2, -0.15) is 0 Å². The summed E-state index contributed by atoms with van der Waals surface area (Å²) in [6.07, 6.45) is 3.11. The molecule has 0 unspecified atom stereocenters. The van der Waals surface area contributed by atoms with Crippen molar-refractivity contribution in [3.8, 4) is 0 Å². The van der Waals surface area contributed by atoms with E-state index in [0.717, 1.165) is 5.56 Å². The number of carbonyl (C=O) groups excluding carboxylic acids is 3. The highest BCUT2D eigenvalue weighted by Crippen LogP contribution is 2.10. The lowest BCUT2D eigenvalue weighted by molar-refractivity contribution is -0.134. The molecule has 2 rings (SSSR count). The molecule has 0 aliphatic carbocycles. The lowest BCUT2D eigenvalue weighted by Gasteiger charge is -2.04. The van der Waals surface area contributed by atoms with Crippen LogP contribution in [-0.4, -0.2) is 39.2 Å². The van der Waals surface area contributed by atoms with Gasteiger partial charge in [0.1, 0.15) is 0 Å². The summed E-state index contributed by atoms with van der Waals surface area (Å²) in [5, 5.41) is 0. The van der Waals surface area contributed by atoms with Crippen LogP contribution >= 0.6 is 0 Å². The first-order chi connectivity index (χ1) is 12.5. The van der Waals surface area contributed by atoms with Crippen molar-refractivity contribution in [3.63, 3.8) is 0 Å². The van der Waals surface area contributed by atoms with Gasteiger partial charge in [0.05, 0.1) is 32.5 Å². The van der Waals surface area contributed by atoms with Crippen LogP contribution in [0.25, 0.3) is 6.08 Å². The molecule has 0 atom stereocenters. The van der Waals surface area contributed by atoms with Gasteiger partial charge in [-0.3, -0.25) is 0 Å². The van der Waals surface area contributed by atoms with Crippen molar-refractivity contribution in [3.05, 3.63) is 77.4 Å². The molecule has 0 N–H and O–H groups in total. The van der Waals surface area contributed by atoms with E-state index in [-0.39, 0.29) is 17.1 Å². The Morgan fingerprint density at radius 2 is 1.15 bits per heavy atom. The van der Waals surface area contributed by atoms with Crippen LogP contribution in [0.4, 0.5) is 0 Å². The normalized spacial score (nSPS) is 9.65. The van der Waals surface area contributed by atoms with E-state index in [4.69, 9.17) is 0 Å². The third-order valence-electron chi connectivity index (χ3n) is 3.15. The highest BCUT2D eigenvalue weighted by Gasteiger charge is 2.16. The third kappa shape index (κ3) is 6.60. The Bertz CT molecular complexity index is 730. The molecule has 0 amide bonds. The van der Waals surface area contributed by atoms with Gasteiger partial charge < -0.3 is 14.2 Å². The van der Waals surface area contributed by atoms with Gasteiger partial charge in [0.15, 0.2) is 0 Å².